The fourth-order valence-corrected chi connectivity index (χ4v) is 4.61. The number of aryl methyl sites for hydroxylation is 1. The second kappa shape index (κ2) is 8.41. The van der Waals surface area contributed by atoms with Crippen LogP contribution in [-0.4, -0.2) is 34.5 Å². The van der Waals surface area contributed by atoms with E-state index in [1.54, 1.807) is 27.0 Å². The SMILES string of the molecule is COc1ccc(C(=O)N(C)c2ccc(Br)cc2C)cc1S(=O)(=O)NC(C)C. The van der Waals surface area contributed by atoms with Crippen molar-refractivity contribution in [1.29, 1.82) is 0 Å². The molecular formula is C19H23BrN2O4S. The number of nitrogens with one attached hydrogen (secondary N) is 1. The molecule has 0 aliphatic heterocycles. The second-order valence-corrected chi connectivity index (χ2v) is 9.03. The number of hydrogen-bond donors (Lipinski definition) is 1. The Morgan fingerprint density at radius 2 is 1.85 bits per heavy atom. The molecule has 0 aliphatic carbocycles. The van der Waals surface area contributed by atoms with Crippen molar-refractivity contribution in [2.75, 3.05) is 19.1 Å². The Balaban J connectivity index is 2.46. The standard InChI is InChI=1S/C19H23BrN2O4S/c1-12(2)21-27(24,25)18-11-14(6-9-17(18)26-5)19(23)22(4)16-8-7-15(20)10-13(16)3/h6-12,21H,1-5H3. The minimum Gasteiger partial charge on any atom is -0.495 e. The molecule has 2 aromatic carbocycles. The first-order chi connectivity index (χ1) is 12.6. The van der Waals surface area contributed by atoms with Gasteiger partial charge < -0.3 is 9.64 Å². The van der Waals surface area contributed by atoms with Crippen molar-refractivity contribution in [3.05, 3.63) is 52.0 Å². The third-order valence-corrected chi connectivity index (χ3v) is 6.09. The normalized spacial score (nSPS) is 11.5. The number of nitrogens with zero attached hydrogens (tertiary/aromatic N) is 1. The van der Waals surface area contributed by atoms with Gasteiger partial charge in [-0.3, -0.25) is 4.79 Å². The van der Waals surface area contributed by atoms with Crippen LogP contribution in [0.4, 0.5) is 5.69 Å². The topological polar surface area (TPSA) is 75.7 Å². The van der Waals surface area contributed by atoms with Gasteiger partial charge in [-0.25, -0.2) is 13.1 Å². The first-order valence-electron chi connectivity index (χ1n) is 8.31. The van der Waals surface area contributed by atoms with Gasteiger partial charge in [0.25, 0.3) is 5.91 Å². The molecule has 0 spiro atoms. The summed E-state index contributed by atoms with van der Waals surface area (Å²) in [5, 5.41) is 0. The molecule has 0 heterocycles. The van der Waals surface area contributed by atoms with E-state index in [-0.39, 0.29) is 28.2 Å². The lowest BCUT2D eigenvalue weighted by Crippen LogP contribution is -2.31. The molecule has 0 unspecified atom stereocenters. The molecule has 0 radical (unpaired) electrons. The van der Waals surface area contributed by atoms with E-state index < -0.39 is 10.0 Å². The van der Waals surface area contributed by atoms with Crippen LogP contribution in [0, 0.1) is 6.92 Å². The Morgan fingerprint density at radius 3 is 2.41 bits per heavy atom. The molecule has 6 nitrogen and oxygen atoms in total. The molecular weight excluding hydrogens is 432 g/mol. The van der Waals surface area contributed by atoms with Crippen LogP contribution in [0.15, 0.2) is 45.8 Å². The van der Waals surface area contributed by atoms with Gasteiger partial charge in [-0.2, -0.15) is 0 Å². The van der Waals surface area contributed by atoms with Crippen molar-refractivity contribution in [1.82, 2.24) is 4.72 Å². The summed E-state index contributed by atoms with van der Waals surface area (Å²) in [4.78, 5) is 14.4. The number of anilines is 1. The average Bonchev–Trinajstić information content (AvgIpc) is 2.59. The fraction of sp³-hybridized carbons (Fsp3) is 0.316. The Bertz CT molecular complexity index is 958. The van der Waals surface area contributed by atoms with Crippen molar-refractivity contribution in [2.24, 2.45) is 0 Å². The summed E-state index contributed by atoms with van der Waals surface area (Å²) in [7, 11) is -0.767. The number of benzene rings is 2. The average molecular weight is 455 g/mol. The van der Waals surface area contributed by atoms with Gasteiger partial charge in [-0.1, -0.05) is 15.9 Å². The Labute approximate surface area is 168 Å². The first-order valence-corrected chi connectivity index (χ1v) is 10.6. The highest BCUT2D eigenvalue weighted by Crippen LogP contribution is 2.28. The van der Waals surface area contributed by atoms with Crippen molar-refractivity contribution in [3.63, 3.8) is 0 Å². The van der Waals surface area contributed by atoms with Crippen LogP contribution in [0.5, 0.6) is 5.75 Å². The number of sulfonamides is 1. The molecule has 2 rings (SSSR count). The number of hydrogen-bond acceptors (Lipinski definition) is 4. The molecule has 1 amide bonds. The van der Waals surface area contributed by atoms with Gasteiger partial charge >= 0.3 is 0 Å². The number of carbonyl (C=O) groups excluding carboxylic acids is 1. The molecule has 146 valence electrons. The van der Waals surface area contributed by atoms with Crippen molar-refractivity contribution >= 4 is 37.5 Å². The summed E-state index contributed by atoms with van der Waals surface area (Å²) in [5.41, 5.74) is 1.91. The zero-order chi connectivity index (χ0) is 20.4. The quantitative estimate of drug-likeness (QED) is 0.721. The minimum atomic E-state index is -3.81. The molecule has 0 saturated heterocycles. The number of rotatable bonds is 6. The molecule has 8 heteroatoms. The van der Waals surface area contributed by atoms with Gasteiger partial charge in [0.1, 0.15) is 10.6 Å². The van der Waals surface area contributed by atoms with E-state index in [0.29, 0.717) is 0 Å². The highest BCUT2D eigenvalue weighted by atomic mass is 79.9. The van der Waals surface area contributed by atoms with Crippen LogP contribution >= 0.6 is 15.9 Å². The van der Waals surface area contributed by atoms with Gasteiger partial charge in [0.15, 0.2) is 0 Å². The van der Waals surface area contributed by atoms with Gasteiger partial charge in [-0.05, 0) is 62.7 Å². The van der Waals surface area contributed by atoms with Crippen LogP contribution in [0.3, 0.4) is 0 Å². The summed E-state index contributed by atoms with van der Waals surface area (Å²) in [5.74, 6) is -0.133. The zero-order valence-electron chi connectivity index (χ0n) is 15.9. The molecule has 1 N–H and O–H groups in total. The van der Waals surface area contributed by atoms with E-state index in [9.17, 15) is 13.2 Å². The van der Waals surface area contributed by atoms with Gasteiger partial charge in [0.05, 0.1) is 7.11 Å². The Hall–Kier alpha value is -1.90. The minimum absolute atomic E-state index is 0.0644. The van der Waals surface area contributed by atoms with E-state index in [1.807, 2.05) is 25.1 Å². The molecule has 2 aromatic rings. The summed E-state index contributed by atoms with van der Waals surface area (Å²) >= 11 is 3.40. The fourth-order valence-electron chi connectivity index (χ4n) is 2.69. The predicted octanol–water partition coefficient (Wildman–Crippen LogP) is 3.73. The maximum absolute atomic E-state index is 12.9. The van der Waals surface area contributed by atoms with Crippen LogP contribution in [0.2, 0.25) is 0 Å². The van der Waals surface area contributed by atoms with E-state index in [2.05, 4.69) is 20.7 Å². The largest absolute Gasteiger partial charge is 0.495 e. The van der Waals surface area contributed by atoms with E-state index in [1.165, 1.54) is 24.1 Å². The van der Waals surface area contributed by atoms with Crippen LogP contribution < -0.4 is 14.4 Å². The van der Waals surface area contributed by atoms with Crippen molar-refractivity contribution in [2.45, 2.75) is 31.7 Å². The van der Waals surface area contributed by atoms with E-state index in [4.69, 9.17) is 4.74 Å². The molecule has 0 fully saturated rings. The van der Waals surface area contributed by atoms with E-state index in [0.717, 1.165) is 15.7 Å². The summed E-state index contributed by atoms with van der Waals surface area (Å²) in [6.45, 7) is 5.35. The number of carbonyl (C=O) groups is 1. The monoisotopic (exact) mass is 454 g/mol. The third-order valence-electron chi connectivity index (χ3n) is 3.92. The Kier molecular flexibility index (Phi) is 6.67. The summed E-state index contributed by atoms with van der Waals surface area (Å²) in [6, 6.07) is 9.70. The maximum Gasteiger partial charge on any atom is 0.258 e. The second-order valence-electron chi connectivity index (χ2n) is 6.44. The lowest BCUT2D eigenvalue weighted by atomic mass is 10.1. The smallest absolute Gasteiger partial charge is 0.258 e. The van der Waals surface area contributed by atoms with Gasteiger partial charge in [0, 0.05) is 28.8 Å². The molecule has 0 aromatic heterocycles. The highest BCUT2D eigenvalue weighted by Gasteiger charge is 2.24. The van der Waals surface area contributed by atoms with Gasteiger partial charge in [0.2, 0.25) is 10.0 Å². The molecule has 27 heavy (non-hydrogen) atoms. The number of methoxy groups -OCH3 is 1. The number of ether oxygens (including phenoxy) is 1. The van der Waals surface area contributed by atoms with Crippen LogP contribution in [-0.2, 0) is 10.0 Å². The number of amides is 1. The molecule has 0 saturated carbocycles. The third kappa shape index (κ3) is 4.88. The van der Waals surface area contributed by atoms with E-state index >= 15 is 0 Å². The van der Waals surface area contributed by atoms with Crippen LogP contribution in [0.25, 0.3) is 0 Å². The van der Waals surface area contributed by atoms with Crippen molar-refractivity contribution in [3.8, 4) is 5.75 Å². The van der Waals surface area contributed by atoms with Gasteiger partial charge in [-0.15, -0.1) is 0 Å². The van der Waals surface area contributed by atoms with Crippen LogP contribution in [0.1, 0.15) is 29.8 Å². The highest BCUT2D eigenvalue weighted by molar-refractivity contribution is 9.10. The molecule has 0 bridgehead atoms. The lowest BCUT2D eigenvalue weighted by Gasteiger charge is -2.21. The molecule has 0 atom stereocenters. The predicted molar refractivity (Wildman–Crippen MR) is 110 cm³/mol. The number of halogens is 1. The summed E-state index contributed by atoms with van der Waals surface area (Å²) in [6.07, 6.45) is 0. The maximum atomic E-state index is 12.9. The lowest BCUT2D eigenvalue weighted by molar-refractivity contribution is 0.0992. The zero-order valence-corrected chi connectivity index (χ0v) is 18.3. The first kappa shape index (κ1) is 21.4. The Morgan fingerprint density at radius 1 is 1.19 bits per heavy atom. The molecule has 0 aliphatic rings. The summed E-state index contributed by atoms with van der Waals surface area (Å²) < 4.78 is 33.8. The van der Waals surface area contributed by atoms with Crippen molar-refractivity contribution < 1.29 is 17.9 Å².